The van der Waals surface area contributed by atoms with Gasteiger partial charge in [-0.25, -0.2) is 9.97 Å². The average molecular weight is 318 g/mol. The minimum absolute atomic E-state index is 0.139. The number of hydrogen-bond acceptors (Lipinski definition) is 4. The first kappa shape index (κ1) is 16.1. The minimum Gasteiger partial charge on any atom is -0.324 e. The Morgan fingerprint density at radius 1 is 1.00 bits per heavy atom. The molecule has 0 amide bonds. The van der Waals surface area contributed by atoms with E-state index in [1.807, 2.05) is 18.2 Å². The number of benzene rings is 1. The monoisotopic (exact) mass is 318 g/mol. The summed E-state index contributed by atoms with van der Waals surface area (Å²) >= 11 is 0. The Labute approximate surface area is 143 Å². The van der Waals surface area contributed by atoms with E-state index in [1.165, 1.54) is 11.1 Å². The highest BCUT2D eigenvalue weighted by molar-refractivity contribution is 5.63. The molecule has 0 radical (unpaired) electrons. The van der Waals surface area contributed by atoms with Crippen LogP contribution in [0.5, 0.6) is 0 Å². The van der Waals surface area contributed by atoms with Gasteiger partial charge in [0.1, 0.15) is 0 Å². The molecular formula is C20H22N4. The molecule has 2 aromatic heterocycles. The average Bonchev–Trinajstić information content (AvgIpc) is 2.57. The summed E-state index contributed by atoms with van der Waals surface area (Å²) in [5.41, 5.74) is 5.48. The van der Waals surface area contributed by atoms with Gasteiger partial charge in [0.05, 0.1) is 5.69 Å². The molecule has 0 saturated carbocycles. The molecule has 4 nitrogen and oxygen atoms in total. The maximum atomic E-state index is 4.59. The summed E-state index contributed by atoms with van der Waals surface area (Å²) in [7, 11) is 0. The highest BCUT2D eigenvalue weighted by atomic mass is 15.1. The van der Waals surface area contributed by atoms with Gasteiger partial charge in [0.25, 0.3) is 0 Å². The van der Waals surface area contributed by atoms with Gasteiger partial charge in [-0.2, -0.15) is 0 Å². The summed E-state index contributed by atoms with van der Waals surface area (Å²) in [5, 5.41) is 3.32. The van der Waals surface area contributed by atoms with E-state index in [1.54, 1.807) is 18.6 Å². The van der Waals surface area contributed by atoms with Crippen molar-refractivity contribution in [2.24, 2.45) is 0 Å². The van der Waals surface area contributed by atoms with Gasteiger partial charge < -0.3 is 5.32 Å². The predicted molar refractivity (Wildman–Crippen MR) is 98.4 cm³/mol. The number of hydrogen-bond donors (Lipinski definition) is 1. The van der Waals surface area contributed by atoms with E-state index in [0.717, 1.165) is 16.9 Å². The van der Waals surface area contributed by atoms with Crippen LogP contribution in [-0.4, -0.2) is 15.0 Å². The van der Waals surface area contributed by atoms with E-state index >= 15 is 0 Å². The van der Waals surface area contributed by atoms with Gasteiger partial charge in [-0.1, -0.05) is 32.9 Å². The second-order valence-electron chi connectivity index (χ2n) is 6.91. The van der Waals surface area contributed by atoms with Gasteiger partial charge in [0, 0.05) is 29.8 Å². The van der Waals surface area contributed by atoms with E-state index in [0.29, 0.717) is 5.95 Å². The molecule has 0 aliphatic heterocycles. The zero-order valence-electron chi connectivity index (χ0n) is 14.5. The maximum absolute atomic E-state index is 4.59. The number of nitrogens with zero attached hydrogens (tertiary/aromatic N) is 3. The van der Waals surface area contributed by atoms with E-state index in [9.17, 15) is 0 Å². The van der Waals surface area contributed by atoms with Gasteiger partial charge in [0.15, 0.2) is 0 Å². The summed E-state index contributed by atoms with van der Waals surface area (Å²) in [4.78, 5) is 13.1. The summed E-state index contributed by atoms with van der Waals surface area (Å²) in [6, 6.07) is 12.2. The molecular weight excluding hydrogens is 296 g/mol. The Balaban J connectivity index is 1.87. The molecule has 0 atom stereocenters. The van der Waals surface area contributed by atoms with Gasteiger partial charge >= 0.3 is 0 Å². The van der Waals surface area contributed by atoms with Gasteiger partial charge in [-0.3, -0.25) is 4.98 Å². The number of nitrogens with one attached hydrogen (secondary N) is 1. The van der Waals surface area contributed by atoms with Crippen LogP contribution in [0.25, 0.3) is 11.3 Å². The van der Waals surface area contributed by atoms with Crippen LogP contribution in [0.4, 0.5) is 11.6 Å². The third-order valence-corrected chi connectivity index (χ3v) is 3.95. The molecule has 0 fully saturated rings. The molecule has 3 rings (SSSR count). The standard InChI is InChI=1S/C20H22N4/c1-14-12-16(20(2,3)4)7-8-17(14)23-19-22-11-9-18(24-19)15-6-5-10-21-13-15/h5-13H,1-4H3,(H,22,23,24). The van der Waals surface area contributed by atoms with Gasteiger partial charge in [-0.05, 0) is 47.7 Å². The van der Waals surface area contributed by atoms with Crippen molar-refractivity contribution in [3.8, 4) is 11.3 Å². The lowest BCUT2D eigenvalue weighted by Gasteiger charge is -2.20. The lowest BCUT2D eigenvalue weighted by molar-refractivity contribution is 0.590. The van der Waals surface area contributed by atoms with Crippen LogP contribution in [0.1, 0.15) is 31.9 Å². The fraction of sp³-hybridized carbons (Fsp3) is 0.250. The first-order valence-electron chi connectivity index (χ1n) is 8.05. The van der Waals surface area contributed by atoms with E-state index in [-0.39, 0.29) is 5.41 Å². The van der Waals surface area contributed by atoms with Crippen LogP contribution >= 0.6 is 0 Å². The molecule has 0 aliphatic rings. The minimum atomic E-state index is 0.139. The van der Waals surface area contributed by atoms with Crippen LogP contribution in [0.15, 0.2) is 55.0 Å². The van der Waals surface area contributed by atoms with Crippen LogP contribution in [0.3, 0.4) is 0 Å². The fourth-order valence-electron chi connectivity index (χ4n) is 2.48. The predicted octanol–water partition coefficient (Wildman–Crippen LogP) is 4.89. The first-order valence-corrected chi connectivity index (χ1v) is 8.05. The molecule has 3 aromatic rings. The molecule has 0 saturated heterocycles. The Morgan fingerprint density at radius 2 is 1.83 bits per heavy atom. The molecule has 1 N–H and O–H groups in total. The maximum Gasteiger partial charge on any atom is 0.227 e. The van der Waals surface area contributed by atoms with Crippen molar-refractivity contribution in [1.82, 2.24) is 15.0 Å². The SMILES string of the molecule is Cc1cc(C(C)(C)C)ccc1Nc1nccc(-c2cccnc2)n1. The largest absolute Gasteiger partial charge is 0.324 e. The lowest BCUT2D eigenvalue weighted by atomic mass is 9.86. The molecule has 0 unspecified atom stereocenters. The molecule has 1 aromatic carbocycles. The lowest BCUT2D eigenvalue weighted by Crippen LogP contribution is -2.11. The van der Waals surface area contributed by atoms with Crippen molar-refractivity contribution >= 4 is 11.6 Å². The van der Waals surface area contributed by atoms with Crippen LogP contribution < -0.4 is 5.32 Å². The second-order valence-corrected chi connectivity index (χ2v) is 6.91. The molecule has 4 heteroatoms. The molecule has 0 aliphatic carbocycles. The van der Waals surface area contributed by atoms with Crippen LogP contribution in [0, 0.1) is 6.92 Å². The van der Waals surface area contributed by atoms with Crippen molar-refractivity contribution in [3.05, 3.63) is 66.1 Å². The van der Waals surface area contributed by atoms with Gasteiger partial charge in [0.2, 0.25) is 5.95 Å². The number of rotatable bonds is 3. The highest BCUT2D eigenvalue weighted by Gasteiger charge is 2.14. The van der Waals surface area contributed by atoms with E-state index in [2.05, 4.69) is 66.2 Å². The second kappa shape index (κ2) is 6.40. The molecule has 2 heterocycles. The highest BCUT2D eigenvalue weighted by Crippen LogP contribution is 2.27. The molecule has 122 valence electrons. The summed E-state index contributed by atoms with van der Waals surface area (Å²) in [5.74, 6) is 0.586. The quantitative estimate of drug-likeness (QED) is 0.747. The van der Waals surface area contributed by atoms with Crippen molar-refractivity contribution in [2.45, 2.75) is 33.1 Å². The summed E-state index contributed by atoms with van der Waals surface area (Å²) < 4.78 is 0. The van der Waals surface area contributed by atoms with Crippen molar-refractivity contribution < 1.29 is 0 Å². The van der Waals surface area contributed by atoms with Crippen molar-refractivity contribution in [2.75, 3.05) is 5.32 Å². The zero-order chi connectivity index (χ0) is 17.2. The Bertz CT molecular complexity index is 836. The Kier molecular flexibility index (Phi) is 4.30. The number of anilines is 2. The van der Waals surface area contributed by atoms with E-state index < -0.39 is 0 Å². The summed E-state index contributed by atoms with van der Waals surface area (Å²) in [6.07, 6.45) is 5.32. The Hall–Kier alpha value is -2.75. The summed E-state index contributed by atoms with van der Waals surface area (Å²) in [6.45, 7) is 8.75. The smallest absolute Gasteiger partial charge is 0.227 e. The molecule has 0 spiro atoms. The fourth-order valence-corrected chi connectivity index (χ4v) is 2.48. The zero-order valence-corrected chi connectivity index (χ0v) is 14.5. The Morgan fingerprint density at radius 3 is 2.50 bits per heavy atom. The molecule has 24 heavy (non-hydrogen) atoms. The molecule has 0 bridgehead atoms. The normalized spacial score (nSPS) is 11.3. The number of aromatic nitrogens is 3. The number of pyridine rings is 1. The van der Waals surface area contributed by atoms with Crippen molar-refractivity contribution in [3.63, 3.8) is 0 Å². The van der Waals surface area contributed by atoms with E-state index in [4.69, 9.17) is 0 Å². The topological polar surface area (TPSA) is 50.7 Å². The van der Waals surface area contributed by atoms with Gasteiger partial charge in [-0.15, -0.1) is 0 Å². The van der Waals surface area contributed by atoms with Crippen LogP contribution in [0.2, 0.25) is 0 Å². The van der Waals surface area contributed by atoms with Crippen LogP contribution in [-0.2, 0) is 5.41 Å². The first-order chi connectivity index (χ1) is 11.4. The third kappa shape index (κ3) is 3.59. The van der Waals surface area contributed by atoms with Crippen molar-refractivity contribution in [1.29, 1.82) is 0 Å². The number of aryl methyl sites for hydroxylation is 1. The third-order valence-electron chi connectivity index (χ3n) is 3.95.